The first-order valence-electron chi connectivity index (χ1n) is 13.0. The van der Waals surface area contributed by atoms with Crippen molar-refractivity contribution in [2.45, 2.75) is 89.0 Å². The van der Waals surface area contributed by atoms with Crippen LogP contribution in [-0.2, 0) is 19.1 Å². The van der Waals surface area contributed by atoms with E-state index in [1.807, 2.05) is 11.8 Å². The molecular weight excluding hydrogens is 422 g/mol. The summed E-state index contributed by atoms with van der Waals surface area (Å²) in [5.41, 5.74) is 6.78. The third kappa shape index (κ3) is 5.07. The second kappa shape index (κ2) is 11.0. The van der Waals surface area contributed by atoms with Crippen molar-refractivity contribution < 1.29 is 24.0 Å². The quantitative estimate of drug-likeness (QED) is 0.400. The Bertz CT molecular complexity index is 694. The second-order valence-electron chi connectivity index (χ2n) is 10.4. The number of nitrogens with two attached hydrogens (primary N) is 1. The summed E-state index contributed by atoms with van der Waals surface area (Å²) < 4.78 is 11.3. The van der Waals surface area contributed by atoms with Gasteiger partial charge in [-0.1, -0.05) is 0 Å². The Labute approximate surface area is 198 Å². The lowest BCUT2D eigenvalue weighted by Crippen LogP contribution is -3.26. The minimum Gasteiger partial charge on any atom is -0.379 e. The van der Waals surface area contributed by atoms with Gasteiger partial charge in [0.1, 0.15) is 11.8 Å². The summed E-state index contributed by atoms with van der Waals surface area (Å²) in [5, 5.41) is 6.75. The molecule has 2 amide bonds. The number of rotatable bonds is 7. The highest BCUT2D eigenvalue weighted by molar-refractivity contribution is 5.83. The van der Waals surface area contributed by atoms with Crippen LogP contribution in [0.2, 0.25) is 0 Å². The standard InChI is InChI=1S/C24H43N5O4/c1-4-26-23(30)16-14-17-22(27-20-7-5-6-11-28(20)24(17)31)29(21(16)25)12-10-15-8-9-18(32-2)19(13-15)33-3/h15-22,27H,4-14,25H2,1-3H3,(H,26,30)/p+1. The molecule has 0 aromatic rings. The van der Waals surface area contributed by atoms with Crippen molar-refractivity contribution in [2.75, 3.05) is 33.9 Å². The molecule has 4 aliphatic rings. The number of methoxy groups -OCH3 is 2. The molecule has 3 aliphatic heterocycles. The summed E-state index contributed by atoms with van der Waals surface area (Å²) in [6, 6.07) is 0. The van der Waals surface area contributed by atoms with Crippen LogP contribution in [0.25, 0.3) is 0 Å². The molecule has 9 atom stereocenters. The monoisotopic (exact) mass is 466 g/mol. The second-order valence-corrected chi connectivity index (χ2v) is 10.4. The Morgan fingerprint density at radius 2 is 1.97 bits per heavy atom. The van der Waals surface area contributed by atoms with Crippen molar-refractivity contribution in [1.29, 1.82) is 0 Å². The van der Waals surface area contributed by atoms with Gasteiger partial charge in [-0.15, -0.1) is 0 Å². The highest BCUT2D eigenvalue weighted by atomic mass is 16.5. The maximum Gasteiger partial charge on any atom is 0.234 e. The van der Waals surface area contributed by atoms with E-state index in [2.05, 4.69) is 10.6 Å². The number of quaternary nitrogens is 1. The van der Waals surface area contributed by atoms with Gasteiger partial charge in [0, 0.05) is 27.3 Å². The molecule has 9 nitrogen and oxygen atoms in total. The van der Waals surface area contributed by atoms with E-state index < -0.39 is 0 Å². The highest BCUT2D eigenvalue weighted by Crippen LogP contribution is 2.32. The Morgan fingerprint density at radius 3 is 2.70 bits per heavy atom. The summed E-state index contributed by atoms with van der Waals surface area (Å²) in [4.78, 5) is 29.6. The lowest BCUT2D eigenvalue weighted by atomic mass is 9.79. The largest absolute Gasteiger partial charge is 0.379 e. The molecule has 1 saturated carbocycles. The number of ether oxygens (including phenoxy) is 2. The van der Waals surface area contributed by atoms with E-state index >= 15 is 0 Å². The van der Waals surface area contributed by atoms with Gasteiger partial charge in [0.05, 0.1) is 24.9 Å². The molecule has 3 heterocycles. The number of hydrogen-bond acceptors (Lipinski definition) is 6. The van der Waals surface area contributed by atoms with Crippen molar-refractivity contribution in [3.8, 4) is 0 Å². The SMILES string of the molecule is CCNC(=O)C1CC2C(=O)N3CCCCC3NC2[NH+](CCC2CCC(OC)C(OC)C2)C1N. The van der Waals surface area contributed by atoms with Crippen LogP contribution < -0.4 is 21.3 Å². The summed E-state index contributed by atoms with van der Waals surface area (Å²) >= 11 is 0. The average Bonchev–Trinajstić information content (AvgIpc) is 2.83. The van der Waals surface area contributed by atoms with Gasteiger partial charge >= 0.3 is 0 Å². The number of carbonyl (C=O) groups excluding carboxylic acids is 2. The van der Waals surface area contributed by atoms with Gasteiger partial charge in [-0.3, -0.25) is 15.3 Å². The van der Waals surface area contributed by atoms with E-state index in [0.717, 1.165) is 58.0 Å². The summed E-state index contributed by atoms with van der Waals surface area (Å²) in [6.07, 6.45) is 7.87. The fourth-order valence-electron chi connectivity index (χ4n) is 6.77. The number of nitrogens with one attached hydrogen (secondary N) is 3. The molecular formula is C24H44N5O4+. The number of piperidine rings is 2. The van der Waals surface area contributed by atoms with Gasteiger partial charge in [-0.25, -0.2) is 5.32 Å². The molecule has 33 heavy (non-hydrogen) atoms. The van der Waals surface area contributed by atoms with Gasteiger partial charge in [-0.2, -0.15) is 0 Å². The van der Waals surface area contributed by atoms with E-state index in [1.165, 1.54) is 4.90 Å². The Kier molecular flexibility index (Phi) is 8.28. The Balaban J connectivity index is 1.49. The molecule has 9 heteroatoms. The number of fused-ring (bicyclic) bond motifs is 2. The molecule has 1 aliphatic carbocycles. The zero-order chi connectivity index (χ0) is 23.5. The van der Waals surface area contributed by atoms with Crippen molar-refractivity contribution >= 4 is 11.8 Å². The molecule has 0 spiro atoms. The third-order valence-corrected chi connectivity index (χ3v) is 8.62. The minimum atomic E-state index is -0.343. The van der Waals surface area contributed by atoms with Gasteiger partial charge < -0.3 is 24.6 Å². The van der Waals surface area contributed by atoms with Crippen LogP contribution in [0.4, 0.5) is 0 Å². The van der Waals surface area contributed by atoms with E-state index in [-0.39, 0.29) is 54.4 Å². The first-order chi connectivity index (χ1) is 16.0. The minimum absolute atomic E-state index is 0.0189. The molecule has 9 unspecified atom stereocenters. The highest BCUT2D eigenvalue weighted by Gasteiger charge is 2.55. The maximum atomic E-state index is 13.5. The normalized spacial score (nSPS) is 41.3. The van der Waals surface area contributed by atoms with Crippen LogP contribution in [0.1, 0.15) is 58.3 Å². The van der Waals surface area contributed by atoms with E-state index in [0.29, 0.717) is 18.9 Å². The third-order valence-electron chi connectivity index (χ3n) is 8.62. The first-order valence-corrected chi connectivity index (χ1v) is 13.0. The zero-order valence-corrected chi connectivity index (χ0v) is 20.6. The van der Waals surface area contributed by atoms with E-state index in [4.69, 9.17) is 15.2 Å². The molecule has 0 aromatic carbocycles. The fourth-order valence-corrected chi connectivity index (χ4v) is 6.77. The van der Waals surface area contributed by atoms with Gasteiger partial charge in [0.15, 0.2) is 12.3 Å². The van der Waals surface area contributed by atoms with Crippen molar-refractivity contribution in [1.82, 2.24) is 15.5 Å². The van der Waals surface area contributed by atoms with Crippen LogP contribution in [0.15, 0.2) is 0 Å². The predicted octanol–water partition coefficient (Wildman–Crippen LogP) is -0.584. The molecule has 0 radical (unpaired) electrons. The molecule has 4 fully saturated rings. The number of amides is 2. The molecule has 188 valence electrons. The van der Waals surface area contributed by atoms with Crippen LogP contribution >= 0.6 is 0 Å². The lowest BCUT2D eigenvalue weighted by Gasteiger charge is -2.53. The summed E-state index contributed by atoms with van der Waals surface area (Å²) in [6.45, 7) is 4.17. The molecule has 0 bridgehead atoms. The van der Waals surface area contributed by atoms with Crippen molar-refractivity contribution in [2.24, 2.45) is 23.5 Å². The summed E-state index contributed by atoms with van der Waals surface area (Å²) in [5.74, 6) is 0.188. The molecule has 0 aromatic heterocycles. The van der Waals surface area contributed by atoms with Crippen molar-refractivity contribution in [3.05, 3.63) is 0 Å². The summed E-state index contributed by atoms with van der Waals surface area (Å²) in [7, 11) is 3.52. The molecule has 3 saturated heterocycles. The van der Waals surface area contributed by atoms with Crippen LogP contribution in [0.3, 0.4) is 0 Å². The molecule has 5 N–H and O–H groups in total. The zero-order valence-electron chi connectivity index (χ0n) is 20.6. The molecule has 4 rings (SSSR count). The van der Waals surface area contributed by atoms with Crippen molar-refractivity contribution in [3.63, 3.8) is 0 Å². The average molecular weight is 467 g/mol. The van der Waals surface area contributed by atoms with Gasteiger partial charge in [0.2, 0.25) is 11.8 Å². The van der Waals surface area contributed by atoms with Crippen LogP contribution in [-0.4, -0.2) is 81.3 Å². The Morgan fingerprint density at radius 1 is 1.18 bits per heavy atom. The number of hydrogen-bond donors (Lipinski definition) is 4. The van der Waals surface area contributed by atoms with Crippen LogP contribution in [0, 0.1) is 17.8 Å². The number of likely N-dealkylation sites (tertiary alicyclic amines) is 1. The maximum absolute atomic E-state index is 13.5. The number of nitrogens with zero attached hydrogens (tertiary/aromatic N) is 1. The van der Waals surface area contributed by atoms with Crippen LogP contribution in [0.5, 0.6) is 0 Å². The van der Waals surface area contributed by atoms with E-state index in [9.17, 15) is 9.59 Å². The Hall–Kier alpha value is -1.26. The number of carbonyl (C=O) groups is 2. The van der Waals surface area contributed by atoms with E-state index in [1.54, 1.807) is 14.2 Å². The first kappa shape index (κ1) is 24.9. The topological polar surface area (TPSA) is 110 Å². The van der Waals surface area contributed by atoms with Gasteiger partial charge in [-0.05, 0) is 64.2 Å². The smallest absolute Gasteiger partial charge is 0.234 e. The fraction of sp³-hybridized carbons (Fsp3) is 0.917. The van der Waals surface area contributed by atoms with Gasteiger partial charge in [0.25, 0.3) is 0 Å². The lowest BCUT2D eigenvalue weighted by molar-refractivity contribution is -0.965. The predicted molar refractivity (Wildman–Crippen MR) is 124 cm³/mol.